The number of hydrogen-bond acceptors (Lipinski definition) is 5. The van der Waals surface area contributed by atoms with Gasteiger partial charge in [-0.05, 0) is 55.0 Å². The van der Waals surface area contributed by atoms with Crippen molar-refractivity contribution in [3.8, 4) is 11.3 Å². The third-order valence-electron chi connectivity index (χ3n) is 4.79. The van der Waals surface area contributed by atoms with Gasteiger partial charge in [0.2, 0.25) is 0 Å². The molecule has 2 N–H and O–H groups in total. The molecule has 1 fully saturated rings. The maximum atomic E-state index is 13.1. The van der Waals surface area contributed by atoms with Gasteiger partial charge in [-0.25, -0.2) is 4.79 Å². The largest absolute Gasteiger partial charge is 0.478 e. The van der Waals surface area contributed by atoms with Gasteiger partial charge in [-0.1, -0.05) is 36.4 Å². The van der Waals surface area contributed by atoms with Crippen molar-refractivity contribution in [1.29, 1.82) is 0 Å². The highest BCUT2D eigenvalue weighted by atomic mass is 32.1. The number of carbonyl (C=O) groups is 3. The third kappa shape index (κ3) is 3.76. The summed E-state index contributed by atoms with van der Waals surface area (Å²) < 4.78 is 5.73. The van der Waals surface area contributed by atoms with E-state index in [9.17, 15) is 19.5 Å². The van der Waals surface area contributed by atoms with Gasteiger partial charge in [0.15, 0.2) is 5.11 Å². The van der Waals surface area contributed by atoms with E-state index in [1.165, 1.54) is 17.0 Å². The zero-order valence-corrected chi connectivity index (χ0v) is 17.1. The zero-order chi connectivity index (χ0) is 22.1. The van der Waals surface area contributed by atoms with Crippen molar-refractivity contribution in [2.45, 2.75) is 6.92 Å². The minimum atomic E-state index is -1.09. The van der Waals surface area contributed by atoms with Crippen LogP contribution in [0.3, 0.4) is 0 Å². The highest BCUT2D eigenvalue weighted by Gasteiger charge is 2.35. The highest BCUT2D eigenvalue weighted by Crippen LogP contribution is 2.29. The minimum Gasteiger partial charge on any atom is -0.478 e. The Kier molecular flexibility index (Phi) is 5.22. The van der Waals surface area contributed by atoms with E-state index in [-0.39, 0.29) is 22.0 Å². The van der Waals surface area contributed by atoms with Crippen molar-refractivity contribution in [3.63, 3.8) is 0 Å². The number of carboxylic acids is 1. The molecule has 7 nitrogen and oxygen atoms in total. The van der Waals surface area contributed by atoms with Crippen molar-refractivity contribution >= 4 is 46.9 Å². The first-order valence-electron chi connectivity index (χ1n) is 9.26. The number of benzene rings is 2. The fourth-order valence-corrected chi connectivity index (χ4v) is 3.57. The molecule has 2 amide bonds. The van der Waals surface area contributed by atoms with E-state index in [0.717, 1.165) is 5.56 Å². The average Bonchev–Trinajstić information content (AvgIpc) is 3.21. The second-order valence-electron chi connectivity index (χ2n) is 6.80. The summed E-state index contributed by atoms with van der Waals surface area (Å²) >= 11 is 5.21. The Bertz CT molecular complexity index is 1270. The molecule has 1 aliphatic rings. The van der Waals surface area contributed by atoms with Crippen molar-refractivity contribution in [3.05, 3.63) is 83.1 Å². The van der Waals surface area contributed by atoms with E-state index in [0.29, 0.717) is 17.0 Å². The highest BCUT2D eigenvalue weighted by molar-refractivity contribution is 7.80. The Balaban J connectivity index is 1.71. The fourth-order valence-electron chi connectivity index (χ4n) is 3.29. The molecule has 0 radical (unpaired) electrons. The Labute approximate surface area is 182 Å². The number of para-hydroxylation sites is 1. The molecule has 2 heterocycles. The van der Waals surface area contributed by atoms with Crippen molar-refractivity contribution in [2.24, 2.45) is 0 Å². The molecule has 0 bridgehead atoms. The summed E-state index contributed by atoms with van der Waals surface area (Å²) in [7, 11) is 0. The number of carboxylic acid groups (broad SMARTS) is 1. The first-order valence-corrected chi connectivity index (χ1v) is 9.67. The van der Waals surface area contributed by atoms with Gasteiger partial charge in [-0.15, -0.1) is 0 Å². The average molecular weight is 432 g/mol. The summed E-state index contributed by atoms with van der Waals surface area (Å²) in [6, 6.07) is 16.7. The molecule has 1 aromatic heterocycles. The number of nitrogens with zero attached hydrogens (tertiary/aromatic N) is 1. The van der Waals surface area contributed by atoms with Crippen molar-refractivity contribution < 1.29 is 23.9 Å². The second-order valence-corrected chi connectivity index (χ2v) is 7.18. The van der Waals surface area contributed by atoms with Crippen LogP contribution in [-0.4, -0.2) is 28.0 Å². The van der Waals surface area contributed by atoms with E-state index >= 15 is 0 Å². The van der Waals surface area contributed by atoms with Crippen LogP contribution in [0, 0.1) is 6.92 Å². The van der Waals surface area contributed by atoms with Crippen LogP contribution in [0.1, 0.15) is 21.7 Å². The van der Waals surface area contributed by atoms with E-state index in [2.05, 4.69) is 5.32 Å². The molecule has 2 aromatic carbocycles. The molecular weight excluding hydrogens is 416 g/mol. The number of thiocarbonyl (C=S) groups is 1. The Morgan fingerprint density at radius 1 is 1.06 bits per heavy atom. The van der Waals surface area contributed by atoms with E-state index in [4.69, 9.17) is 16.6 Å². The molecule has 1 aliphatic heterocycles. The van der Waals surface area contributed by atoms with Crippen LogP contribution in [0.2, 0.25) is 0 Å². The SMILES string of the molecule is Cc1ccccc1N1C(=O)/C(=C/c2ccc(-c3ccccc3C(=O)O)o2)C(=O)NC1=S. The number of anilines is 1. The number of amides is 2. The van der Waals surface area contributed by atoms with Crippen LogP contribution in [0.4, 0.5) is 5.69 Å². The normalized spacial score (nSPS) is 15.3. The molecule has 154 valence electrons. The molecule has 8 heteroatoms. The van der Waals surface area contributed by atoms with Gasteiger partial charge >= 0.3 is 5.97 Å². The number of furan rings is 1. The molecule has 31 heavy (non-hydrogen) atoms. The number of rotatable bonds is 4. The van der Waals surface area contributed by atoms with Crippen LogP contribution in [0.15, 0.2) is 70.7 Å². The van der Waals surface area contributed by atoms with Crippen LogP contribution >= 0.6 is 12.2 Å². The quantitative estimate of drug-likeness (QED) is 0.370. The second kappa shape index (κ2) is 8.00. The maximum absolute atomic E-state index is 13.1. The summed E-state index contributed by atoms with van der Waals surface area (Å²) in [5.41, 5.74) is 1.71. The van der Waals surface area contributed by atoms with E-state index in [1.54, 1.807) is 42.5 Å². The molecule has 0 saturated carbocycles. The van der Waals surface area contributed by atoms with Gasteiger partial charge in [-0.2, -0.15) is 0 Å². The summed E-state index contributed by atoms with van der Waals surface area (Å²) in [5.74, 6) is -1.77. The Morgan fingerprint density at radius 2 is 1.77 bits per heavy atom. The van der Waals surface area contributed by atoms with Crippen molar-refractivity contribution in [1.82, 2.24) is 5.32 Å². The maximum Gasteiger partial charge on any atom is 0.336 e. The van der Waals surface area contributed by atoms with Gasteiger partial charge < -0.3 is 9.52 Å². The van der Waals surface area contributed by atoms with Gasteiger partial charge in [-0.3, -0.25) is 19.8 Å². The summed E-state index contributed by atoms with van der Waals surface area (Å²) in [5, 5.41) is 11.9. The number of nitrogens with one attached hydrogen (secondary N) is 1. The number of carbonyl (C=O) groups excluding carboxylic acids is 2. The van der Waals surface area contributed by atoms with Crippen LogP contribution in [-0.2, 0) is 9.59 Å². The molecule has 4 rings (SSSR count). The first kappa shape index (κ1) is 20.2. The monoisotopic (exact) mass is 432 g/mol. The van der Waals surface area contributed by atoms with Crippen LogP contribution < -0.4 is 10.2 Å². The third-order valence-corrected chi connectivity index (χ3v) is 5.08. The summed E-state index contributed by atoms with van der Waals surface area (Å²) in [4.78, 5) is 38.3. The number of hydrogen-bond donors (Lipinski definition) is 2. The fraction of sp³-hybridized carbons (Fsp3) is 0.0435. The molecule has 1 saturated heterocycles. The lowest BCUT2D eigenvalue weighted by Crippen LogP contribution is -2.54. The van der Waals surface area contributed by atoms with E-state index < -0.39 is 17.8 Å². The first-order chi connectivity index (χ1) is 14.9. The predicted molar refractivity (Wildman–Crippen MR) is 118 cm³/mol. The van der Waals surface area contributed by atoms with Gasteiger partial charge in [0, 0.05) is 5.56 Å². The molecule has 3 aromatic rings. The summed E-state index contributed by atoms with van der Waals surface area (Å²) in [6.07, 6.45) is 1.32. The number of aromatic carboxylic acids is 1. The van der Waals surface area contributed by atoms with Crippen LogP contribution in [0.5, 0.6) is 0 Å². The predicted octanol–water partition coefficient (Wildman–Crippen LogP) is 3.78. The van der Waals surface area contributed by atoms with Gasteiger partial charge in [0.25, 0.3) is 11.8 Å². The molecular formula is C23H16N2O5S. The lowest BCUT2D eigenvalue weighted by Gasteiger charge is -2.29. The Hall–Kier alpha value is -4.04. The van der Waals surface area contributed by atoms with Crippen LogP contribution in [0.25, 0.3) is 17.4 Å². The van der Waals surface area contributed by atoms with Crippen molar-refractivity contribution in [2.75, 3.05) is 4.90 Å². The summed E-state index contributed by atoms with van der Waals surface area (Å²) in [6.45, 7) is 1.84. The smallest absolute Gasteiger partial charge is 0.336 e. The lowest BCUT2D eigenvalue weighted by molar-refractivity contribution is -0.122. The van der Waals surface area contributed by atoms with E-state index in [1.807, 2.05) is 19.1 Å². The standard InChI is InChI=1S/C23H16N2O5S/c1-13-6-2-5-9-18(13)25-21(27)17(20(26)24-23(25)31)12-14-10-11-19(30-14)15-7-3-4-8-16(15)22(28)29/h2-12H,1H3,(H,28,29)(H,24,26,31)/b17-12+. The topological polar surface area (TPSA) is 99.8 Å². The molecule has 0 unspecified atom stereocenters. The number of aryl methyl sites for hydroxylation is 1. The van der Waals surface area contributed by atoms with Gasteiger partial charge in [0.1, 0.15) is 17.1 Å². The Morgan fingerprint density at radius 3 is 2.52 bits per heavy atom. The molecule has 0 atom stereocenters. The minimum absolute atomic E-state index is 0.00281. The lowest BCUT2D eigenvalue weighted by atomic mass is 10.1. The zero-order valence-electron chi connectivity index (χ0n) is 16.3. The van der Waals surface area contributed by atoms with Gasteiger partial charge in [0.05, 0.1) is 11.3 Å². The molecule has 0 aliphatic carbocycles. The molecule has 0 spiro atoms.